The van der Waals surface area contributed by atoms with E-state index in [2.05, 4.69) is 4.98 Å². The molecule has 1 aliphatic rings. The Morgan fingerprint density at radius 3 is 2.31 bits per heavy atom. The first-order valence-electron chi connectivity index (χ1n) is 3.98. The largest absolute Gasteiger partial charge is 0.443 e. The zero-order valence-electron chi connectivity index (χ0n) is 7.40. The lowest BCUT2D eigenvalue weighted by atomic mass is 10.3. The Labute approximate surface area is 73.9 Å². The van der Waals surface area contributed by atoms with Gasteiger partial charge in [0.25, 0.3) is 5.92 Å². The average Bonchev–Trinajstić information content (AvgIpc) is 2.34. The number of nitrogens with two attached hydrogens (primary N) is 1. The molecule has 5 heteroatoms. The van der Waals surface area contributed by atoms with Crippen molar-refractivity contribution in [2.75, 3.05) is 0 Å². The van der Waals surface area contributed by atoms with Crippen LogP contribution in [-0.2, 0) is 5.54 Å². The summed E-state index contributed by atoms with van der Waals surface area (Å²) in [4.78, 5) is 3.87. The standard InChI is InChI=1S/C8H10F2N2O/c1-4-5(2)13-6(12-4)7(11)3-8(7,9)10/h3,11H2,1-2H3. The maximum atomic E-state index is 12.8. The maximum Gasteiger partial charge on any atom is 0.277 e. The molecule has 1 saturated carbocycles. The summed E-state index contributed by atoms with van der Waals surface area (Å²) in [6.07, 6.45) is -0.376. The lowest BCUT2D eigenvalue weighted by Gasteiger charge is -2.03. The van der Waals surface area contributed by atoms with Gasteiger partial charge in [-0.25, -0.2) is 13.8 Å². The molecular weight excluding hydrogens is 178 g/mol. The van der Waals surface area contributed by atoms with E-state index >= 15 is 0 Å². The van der Waals surface area contributed by atoms with Gasteiger partial charge in [-0.3, -0.25) is 0 Å². The SMILES string of the molecule is Cc1nc(C2(N)CC2(F)F)oc1C. The highest BCUT2D eigenvalue weighted by molar-refractivity contribution is 5.25. The van der Waals surface area contributed by atoms with Gasteiger partial charge in [0.15, 0.2) is 5.54 Å². The predicted octanol–water partition coefficient (Wildman–Crippen LogP) is 1.48. The van der Waals surface area contributed by atoms with Gasteiger partial charge in [0, 0.05) is 6.42 Å². The zero-order valence-corrected chi connectivity index (χ0v) is 7.40. The van der Waals surface area contributed by atoms with E-state index in [1.54, 1.807) is 13.8 Å². The van der Waals surface area contributed by atoms with Gasteiger partial charge in [0.1, 0.15) is 5.76 Å². The molecule has 2 N–H and O–H groups in total. The summed E-state index contributed by atoms with van der Waals surface area (Å²) >= 11 is 0. The number of hydrogen-bond acceptors (Lipinski definition) is 3. The molecule has 3 nitrogen and oxygen atoms in total. The van der Waals surface area contributed by atoms with Crippen molar-refractivity contribution in [3.63, 3.8) is 0 Å². The minimum atomic E-state index is -2.86. The second kappa shape index (κ2) is 2.09. The van der Waals surface area contributed by atoms with Crippen LogP contribution in [0.4, 0.5) is 8.78 Å². The number of aromatic nitrogens is 1. The summed E-state index contributed by atoms with van der Waals surface area (Å²) < 4.78 is 30.6. The molecule has 72 valence electrons. The molecule has 1 aromatic rings. The number of aryl methyl sites for hydroxylation is 2. The van der Waals surface area contributed by atoms with Crippen LogP contribution >= 0.6 is 0 Å². The average molecular weight is 188 g/mol. The number of halogens is 2. The lowest BCUT2D eigenvalue weighted by molar-refractivity contribution is 0.0816. The van der Waals surface area contributed by atoms with Crippen LogP contribution in [0.2, 0.25) is 0 Å². The van der Waals surface area contributed by atoms with E-state index in [1.807, 2.05) is 0 Å². The molecule has 0 aliphatic heterocycles. The molecule has 0 aromatic carbocycles. The highest BCUT2D eigenvalue weighted by atomic mass is 19.3. The van der Waals surface area contributed by atoms with E-state index < -0.39 is 11.5 Å². The van der Waals surface area contributed by atoms with E-state index in [0.717, 1.165) is 0 Å². The Morgan fingerprint density at radius 1 is 1.46 bits per heavy atom. The summed E-state index contributed by atoms with van der Waals surface area (Å²) in [5.41, 5.74) is 4.37. The zero-order chi connectivity index (χ0) is 9.85. The molecule has 0 saturated heterocycles. The minimum absolute atomic E-state index is 0.0486. The van der Waals surface area contributed by atoms with E-state index in [-0.39, 0.29) is 12.3 Å². The van der Waals surface area contributed by atoms with Crippen molar-refractivity contribution in [3.8, 4) is 0 Å². The number of oxazole rings is 1. The quantitative estimate of drug-likeness (QED) is 0.726. The highest BCUT2D eigenvalue weighted by Crippen LogP contribution is 2.57. The number of alkyl halides is 2. The monoisotopic (exact) mass is 188 g/mol. The van der Waals surface area contributed by atoms with Crippen molar-refractivity contribution in [2.24, 2.45) is 5.73 Å². The van der Waals surface area contributed by atoms with Gasteiger partial charge in [0.05, 0.1) is 5.69 Å². The van der Waals surface area contributed by atoms with E-state index in [4.69, 9.17) is 10.2 Å². The van der Waals surface area contributed by atoms with Gasteiger partial charge in [-0.2, -0.15) is 0 Å². The topological polar surface area (TPSA) is 52.0 Å². The van der Waals surface area contributed by atoms with Crippen LogP contribution in [0.15, 0.2) is 4.42 Å². The normalized spacial score (nSPS) is 30.5. The molecule has 0 bridgehead atoms. The smallest absolute Gasteiger partial charge is 0.277 e. The molecule has 1 unspecified atom stereocenters. The molecule has 0 amide bonds. The molecular formula is C8H10F2N2O. The van der Waals surface area contributed by atoms with Gasteiger partial charge in [0.2, 0.25) is 5.89 Å². The molecule has 1 aliphatic carbocycles. The van der Waals surface area contributed by atoms with Crippen molar-refractivity contribution in [3.05, 3.63) is 17.3 Å². The number of rotatable bonds is 1. The van der Waals surface area contributed by atoms with Crippen molar-refractivity contribution >= 4 is 0 Å². The molecule has 13 heavy (non-hydrogen) atoms. The van der Waals surface area contributed by atoms with Crippen LogP contribution in [0.5, 0.6) is 0 Å². The first kappa shape index (κ1) is 8.62. The Balaban J connectivity index is 2.38. The minimum Gasteiger partial charge on any atom is -0.443 e. The maximum absolute atomic E-state index is 12.8. The van der Waals surface area contributed by atoms with E-state index in [9.17, 15) is 8.78 Å². The van der Waals surface area contributed by atoms with Crippen LogP contribution in [0.1, 0.15) is 23.8 Å². The summed E-state index contributed by atoms with van der Waals surface area (Å²) in [6, 6.07) is 0. The summed E-state index contributed by atoms with van der Waals surface area (Å²) in [7, 11) is 0. The van der Waals surface area contributed by atoms with Crippen LogP contribution in [-0.4, -0.2) is 10.9 Å². The fraction of sp³-hybridized carbons (Fsp3) is 0.625. The van der Waals surface area contributed by atoms with E-state index in [1.165, 1.54) is 0 Å². The third kappa shape index (κ3) is 0.997. The van der Waals surface area contributed by atoms with Crippen LogP contribution in [0, 0.1) is 13.8 Å². The Hall–Kier alpha value is -0.970. The second-order valence-electron chi connectivity index (χ2n) is 3.51. The Morgan fingerprint density at radius 2 is 2.00 bits per heavy atom. The van der Waals surface area contributed by atoms with Crippen LogP contribution < -0.4 is 5.73 Å². The summed E-state index contributed by atoms with van der Waals surface area (Å²) in [5.74, 6) is -2.37. The van der Waals surface area contributed by atoms with Crippen molar-refractivity contribution < 1.29 is 13.2 Å². The van der Waals surface area contributed by atoms with E-state index in [0.29, 0.717) is 11.5 Å². The lowest BCUT2D eigenvalue weighted by Crippen LogP contribution is -2.27. The van der Waals surface area contributed by atoms with Gasteiger partial charge in [-0.05, 0) is 13.8 Å². The predicted molar refractivity (Wildman–Crippen MR) is 41.4 cm³/mol. The fourth-order valence-corrected chi connectivity index (χ4v) is 1.20. The van der Waals surface area contributed by atoms with Gasteiger partial charge in [-0.15, -0.1) is 0 Å². The van der Waals surface area contributed by atoms with Gasteiger partial charge < -0.3 is 10.2 Å². The Kier molecular flexibility index (Phi) is 1.39. The number of hydrogen-bond donors (Lipinski definition) is 1. The van der Waals surface area contributed by atoms with Gasteiger partial charge in [-0.1, -0.05) is 0 Å². The molecule has 1 atom stereocenters. The third-order valence-electron chi connectivity index (χ3n) is 2.44. The molecule has 0 radical (unpaired) electrons. The third-order valence-corrected chi connectivity index (χ3v) is 2.44. The van der Waals surface area contributed by atoms with Crippen LogP contribution in [0.3, 0.4) is 0 Å². The summed E-state index contributed by atoms with van der Waals surface area (Å²) in [5, 5.41) is 0. The number of nitrogens with zero attached hydrogens (tertiary/aromatic N) is 1. The first-order chi connectivity index (χ1) is 5.87. The Bertz CT molecular complexity index is 342. The molecule has 1 aromatic heterocycles. The van der Waals surface area contributed by atoms with Crippen molar-refractivity contribution in [1.82, 2.24) is 4.98 Å². The van der Waals surface area contributed by atoms with Crippen molar-refractivity contribution in [1.29, 1.82) is 0 Å². The first-order valence-corrected chi connectivity index (χ1v) is 3.98. The fourth-order valence-electron chi connectivity index (χ4n) is 1.20. The van der Waals surface area contributed by atoms with Crippen LogP contribution in [0.25, 0.3) is 0 Å². The molecule has 1 heterocycles. The highest BCUT2D eigenvalue weighted by Gasteiger charge is 2.73. The second-order valence-corrected chi connectivity index (χ2v) is 3.51. The summed E-state index contributed by atoms with van der Waals surface area (Å²) in [6.45, 7) is 3.38. The van der Waals surface area contributed by atoms with Crippen molar-refractivity contribution in [2.45, 2.75) is 31.7 Å². The van der Waals surface area contributed by atoms with Gasteiger partial charge >= 0.3 is 0 Å². The molecule has 1 fully saturated rings. The molecule has 2 rings (SSSR count). The molecule has 0 spiro atoms.